The van der Waals surface area contributed by atoms with Gasteiger partial charge in [-0.25, -0.2) is 0 Å². The minimum Gasteiger partial charge on any atom is -0.0808 e. The number of rotatable bonds is 0. The standard InChI is InChI=1S/C5H6.Sm/c1-2-4-5-3-1;/h1-4H,5H2;. The summed E-state index contributed by atoms with van der Waals surface area (Å²) in [6.45, 7) is 0. The molecule has 1 aliphatic carbocycles. The molecular weight excluding hydrogens is 210 g/mol. The summed E-state index contributed by atoms with van der Waals surface area (Å²) in [6.07, 6.45) is 9.50. The van der Waals surface area contributed by atoms with Crippen LogP contribution in [0.3, 0.4) is 0 Å². The molecule has 0 aromatic heterocycles. The molecule has 0 aliphatic heterocycles. The Morgan fingerprint density at radius 2 is 1.50 bits per heavy atom. The van der Waals surface area contributed by atoms with E-state index in [-0.39, 0.29) is 40.4 Å². The van der Waals surface area contributed by atoms with Gasteiger partial charge in [0.25, 0.3) is 0 Å². The SMILES string of the molecule is C1=CCC=C1.[Sm]. The van der Waals surface area contributed by atoms with Gasteiger partial charge >= 0.3 is 0 Å². The van der Waals surface area contributed by atoms with Crippen LogP contribution in [0.2, 0.25) is 0 Å². The van der Waals surface area contributed by atoms with Gasteiger partial charge in [0.15, 0.2) is 0 Å². The van der Waals surface area contributed by atoms with Gasteiger partial charge in [0.1, 0.15) is 0 Å². The van der Waals surface area contributed by atoms with E-state index in [1.807, 2.05) is 0 Å². The van der Waals surface area contributed by atoms with Crippen molar-refractivity contribution in [3.05, 3.63) is 24.3 Å². The molecule has 0 amide bonds. The van der Waals surface area contributed by atoms with Crippen LogP contribution in [-0.2, 0) is 0 Å². The van der Waals surface area contributed by atoms with Crippen LogP contribution in [0.15, 0.2) is 24.3 Å². The van der Waals surface area contributed by atoms with E-state index in [9.17, 15) is 0 Å². The van der Waals surface area contributed by atoms with E-state index in [0.29, 0.717) is 0 Å². The van der Waals surface area contributed by atoms with Crippen molar-refractivity contribution in [2.45, 2.75) is 6.42 Å². The second-order valence-corrected chi connectivity index (χ2v) is 1.09. The Morgan fingerprint density at radius 3 is 1.67 bits per heavy atom. The van der Waals surface area contributed by atoms with E-state index in [2.05, 4.69) is 24.3 Å². The van der Waals surface area contributed by atoms with Crippen LogP contribution in [0.4, 0.5) is 0 Å². The van der Waals surface area contributed by atoms with Gasteiger partial charge in [-0.05, 0) is 6.42 Å². The van der Waals surface area contributed by atoms with Crippen molar-refractivity contribution >= 4 is 0 Å². The molecular formula is C5H6Sm. The molecule has 1 heteroatoms. The molecule has 0 radical (unpaired) electrons. The summed E-state index contributed by atoms with van der Waals surface area (Å²) in [6, 6.07) is 0. The van der Waals surface area contributed by atoms with Crippen LogP contribution in [0.25, 0.3) is 0 Å². The van der Waals surface area contributed by atoms with Crippen LogP contribution >= 0.6 is 0 Å². The van der Waals surface area contributed by atoms with Crippen LogP contribution in [0.1, 0.15) is 6.42 Å². The van der Waals surface area contributed by atoms with Crippen molar-refractivity contribution in [3.8, 4) is 0 Å². The first-order chi connectivity index (χ1) is 2.50. The predicted molar refractivity (Wildman–Crippen MR) is 22.9 cm³/mol. The maximum Gasteiger partial charge on any atom is 0 e. The zero-order valence-electron chi connectivity index (χ0n) is 3.42. The van der Waals surface area contributed by atoms with Crippen molar-refractivity contribution in [1.29, 1.82) is 0 Å². The van der Waals surface area contributed by atoms with Gasteiger partial charge in [0, 0.05) is 40.4 Å². The Labute approximate surface area is 70.4 Å². The minimum atomic E-state index is 0. The maximum absolute atomic E-state index is 2.12. The summed E-state index contributed by atoms with van der Waals surface area (Å²) in [5.41, 5.74) is 0. The van der Waals surface area contributed by atoms with Gasteiger partial charge < -0.3 is 0 Å². The molecule has 0 heterocycles. The molecule has 1 aliphatic rings. The Bertz CT molecular complexity index is 62.0. The van der Waals surface area contributed by atoms with Gasteiger partial charge in [0.2, 0.25) is 0 Å². The third-order valence-electron chi connectivity index (χ3n) is 0.655. The summed E-state index contributed by atoms with van der Waals surface area (Å²) in [5, 5.41) is 0. The zero-order chi connectivity index (χ0) is 3.54. The first-order valence-electron chi connectivity index (χ1n) is 1.82. The third-order valence-corrected chi connectivity index (χ3v) is 0.655. The van der Waals surface area contributed by atoms with E-state index in [0.717, 1.165) is 6.42 Å². The van der Waals surface area contributed by atoms with Crippen molar-refractivity contribution < 1.29 is 40.4 Å². The maximum atomic E-state index is 2.12. The molecule has 6 heavy (non-hydrogen) atoms. The Hall–Kier alpha value is 0.818. The van der Waals surface area contributed by atoms with Gasteiger partial charge in [-0.15, -0.1) is 0 Å². The second-order valence-electron chi connectivity index (χ2n) is 1.09. The monoisotopic (exact) mass is 218 g/mol. The summed E-state index contributed by atoms with van der Waals surface area (Å²) in [7, 11) is 0. The molecule has 0 N–H and O–H groups in total. The summed E-state index contributed by atoms with van der Waals surface area (Å²) in [4.78, 5) is 0. The van der Waals surface area contributed by atoms with Crippen LogP contribution < -0.4 is 0 Å². The summed E-state index contributed by atoms with van der Waals surface area (Å²) >= 11 is 0. The first-order valence-corrected chi connectivity index (χ1v) is 1.82. The van der Waals surface area contributed by atoms with Gasteiger partial charge in [-0.1, -0.05) is 24.3 Å². The van der Waals surface area contributed by atoms with Crippen molar-refractivity contribution in [3.63, 3.8) is 0 Å². The molecule has 0 bridgehead atoms. The fourth-order valence-corrected chi connectivity index (χ4v) is 0.393. The van der Waals surface area contributed by atoms with Crippen molar-refractivity contribution in [2.24, 2.45) is 0 Å². The average molecular weight is 216 g/mol. The molecule has 0 fully saturated rings. The van der Waals surface area contributed by atoms with Crippen LogP contribution in [-0.4, -0.2) is 0 Å². The number of hydrogen-bond acceptors (Lipinski definition) is 0. The average Bonchev–Trinajstić information content (AvgIpc) is 1.76. The molecule has 0 saturated carbocycles. The fourth-order valence-electron chi connectivity index (χ4n) is 0.393. The van der Waals surface area contributed by atoms with E-state index in [4.69, 9.17) is 0 Å². The molecule has 0 nitrogen and oxygen atoms in total. The third kappa shape index (κ3) is 2.07. The Morgan fingerprint density at radius 1 is 1.00 bits per heavy atom. The van der Waals surface area contributed by atoms with Gasteiger partial charge in [-0.3, -0.25) is 0 Å². The topological polar surface area (TPSA) is 0 Å². The Kier molecular flexibility index (Phi) is 4.53. The normalized spacial score (nSPS) is 14.7. The number of hydrogen-bond donors (Lipinski definition) is 0. The van der Waals surface area contributed by atoms with Gasteiger partial charge in [-0.2, -0.15) is 0 Å². The molecule has 1 rings (SSSR count). The van der Waals surface area contributed by atoms with Crippen molar-refractivity contribution in [2.75, 3.05) is 0 Å². The second kappa shape index (κ2) is 3.99. The summed E-state index contributed by atoms with van der Waals surface area (Å²) < 4.78 is 0. The van der Waals surface area contributed by atoms with E-state index < -0.39 is 0 Å². The van der Waals surface area contributed by atoms with E-state index in [1.165, 1.54) is 0 Å². The van der Waals surface area contributed by atoms with Crippen LogP contribution in [0.5, 0.6) is 0 Å². The smallest absolute Gasteiger partial charge is 0 e. The van der Waals surface area contributed by atoms with E-state index in [1.54, 1.807) is 0 Å². The quantitative estimate of drug-likeness (QED) is 0.576. The predicted octanol–water partition coefficient (Wildman–Crippen LogP) is 1.50. The molecule has 0 atom stereocenters. The zero-order valence-corrected chi connectivity index (χ0v) is 6.04. The molecule has 0 aromatic carbocycles. The van der Waals surface area contributed by atoms with Gasteiger partial charge in [0.05, 0.1) is 0 Å². The van der Waals surface area contributed by atoms with E-state index >= 15 is 0 Å². The molecule has 0 saturated heterocycles. The minimum absolute atomic E-state index is 0. The summed E-state index contributed by atoms with van der Waals surface area (Å²) in [5.74, 6) is 0. The Balaban J connectivity index is 0.000000250. The number of allylic oxidation sites excluding steroid dienone is 4. The molecule has 32 valence electrons. The van der Waals surface area contributed by atoms with Crippen LogP contribution in [0, 0.1) is 40.4 Å². The molecule has 0 spiro atoms. The largest absolute Gasteiger partial charge is 0.0808 e. The molecule has 0 unspecified atom stereocenters. The van der Waals surface area contributed by atoms with Crippen molar-refractivity contribution in [1.82, 2.24) is 0 Å². The first kappa shape index (κ1) is 6.82. The fraction of sp³-hybridized carbons (Fsp3) is 0.200. The molecule has 0 aromatic rings.